The summed E-state index contributed by atoms with van der Waals surface area (Å²) in [6.45, 7) is 0.460. The molecule has 4 rings (SSSR count). The molecule has 1 saturated heterocycles. The molecule has 0 bridgehead atoms. The fourth-order valence-corrected chi connectivity index (χ4v) is 6.20. The molecule has 0 spiro atoms. The van der Waals surface area contributed by atoms with Crippen molar-refractivity contribution in [3.63, 3.8) is 0 Å². The first-order valence-electron chi connectivity index (χ1n) is 10.1. The van der Waals surface area contributed by atoms with Gasteiger partial charge in [0.05, 0.1) is 16.3 Å². The van der Waals surface area contributed by atoms with Crippen LogP contribution in [-0.4, -0.2) is 49.9 Å². The minimum absolute atomic E-state index is 0.0587. The lowest BCUT2D eigenvalue weighted by Gasteiger charge is -2.24. The van der Waals surface area contributed by atoms with Crippen molar-refractivity contribution in [1.29, 1.82) is 0 Å². The molecule has 0 aromatic heterocycles. The number of fused-ring (bicyclic) bond motifs is 1. The van der Waals surface area contributed by atoms with Crippen molar-refractivity contribution in [3.05, 3.63) is 48.0 Å². The lowest BCUT2D eigenvalue weighted by molar-refractivity contribution is -0.121. The number of benzene rings is 2. The van der Waals surface area contributed by atoms with Gasteiger partial charge in [-0.3, -0.25) is 9.59 Å². The first kappa shape index (κ1) is 22.7. The Hall–Kier alpha value is -2.50. The third kappa shape index (κ3) is 4.64. The molecule has 32 heavy (non-hydrogen) atoms. The van der Waals surface area contributed by atoms with Gasteiger partial charge in [-0.1, -0.05) is 0 Å². The van der Waals surface area contributed by atoms with E-state index in [-0.39, 0.29) is 22.9 Å². The quantitative estimate of drug-likeness (QED) is 0.709. The first-order chi connectivity index (χ1) is 15.3. The minimum atomic E-state index is -3.71. The van der Waals surface area contributed by atoms with E-state index in [4.69, 9.17) is 0 Å². The highest BCUT2D eigenvalue weighted by molar-refractivity contribution is 7.99. The van der Waals surface area contributed by atoms with Gasteiger partial charge in [0.15, 0.2) is 0 Å². The number of nitrogens with one attached hydrogen (secondary N) is 1. The van der Waals surface area contributed by atoms with E-state index in [9.17, 15) is 26.8 Å². The molecule has 0 saturated carbocycles. The van der Waals surface area contributed by atoms with E-state index >= 15 is 0 Å². The fraction of sp³-hybridized carbons (Fsp3) is 0.333. The Labute approximate surface area is 188 Å². The van der Waals surface area contributed by atoms with Gasteiger partial charge in [0.25, 0.3) is 0 Å². The van der Waals surface area contributed by atoms with E-state index in [0.29, 0.717) is 35.5 Å². The molecule has 7 nitrogen and oxygen atoms in total. The Morgan fingerprint density at radius 2 is 1.84 bits per heavy atom. The SMILES string of the molecule is O=C(CN1C(=O)CCSc2ccc(S(=O)(=O)N3CCCC3)cc21)Nc1ccc(F)cc1F. The van der Waals surface area contributed by atoms with Crippen LogP contribution in [0.1, 0.15) is 19.3 Å². The lowest BCUT2D eigenvalue weighted by atomic mass is 10.2. The molecule has 2 aliphatic heterocycles. The highest BCUT2D eigenvalue weighted by Crippen LogP contribution is 2.37. The summed E-state index contributed by atoms with van der Waals surface area (Å²) in [7, 11) is -3.71. The van der Waals surface area contributed by atoms with Crippen LogP contribution in [-0.2, 0) is 19.6 Å². The molecular formula is C21H21F2N3O4S2. The monoisotopic (exact) mass is 481 g/mol. The molecule has 0 radical (unpaired) electrons. The topological polar surface area (TPSA) is 86.8 Å². The van der Waals surface area contributed by atoms with Crippen LogP contribution in [0.2, 0.25) is 0 Å². The second kappa shape index (κ2) is 9.16. The van der Waals surface area contributed by atoms with Gasteiger partial charge in [0.2, 0.25) is 21.8 Å². The Kier molecular flexibility index (Phi) is 6.50. The Morgan fingerprint density at radius 1 is 1.09 bits per heavy atom. The van der Waals surface area contributed by atoms with E-state index in [1.165, 1.54) is 33.1 Å². The zero-order valence-electron chi connectivity index (χ0n) is 17.0. The first-order valence-corrected chi connectivity index (χ1v) is 12.5. The molecule has 1 fully saturated rings. The number of sulfonamides is 1. The summed E-state index contributed by atoms with van der Waals surface area (Å²) < 4.78 is 54.4. The van der Waals surface area contributed by atoms with Crippen molar-refractivity contribution >= 4 is 45.0 Å². The molecule has 11 heteroatoms. The molecule has 0 atom stereocenters. The summed E-state index contributed by atoms with van der Waals surface area (Å²) in [5, 5.41) is 2.34. The molecule has 1 N–H and O–H groups in total. The Bertz CT molecular complexity index is 1170. The van der Waals surface area contributed by atoms with Gasteiger partial charge in [0.1, 0.15) is 18.2 Å². The number of nitrogens with zero attached hydrogens (tertiary/aromatic N) is 2. The van der Waals surface area contributed by atoms with Crippen molar-refractivity contribution < 1.29 is 26.8 Å². The van der Waals surface area contributed by atoms with Gasteiger partial charge in [0, 0.05) is 36.2 Å². The zero-order chi connectivity index (χ0) is 22.9. The number of amides is 2. The number of carbonyl (C=O) groups is 2. The molecular weight excluding hydrogens is 460 g/mol. The highest BCUT2D eigenvalue weighted by Gasteiger charge is 2.31. The largest absolute Gasteiger partial charge is 0.322 e. The maximum Gasteiger partial charge on any atom is 0.244 e. The molecule has 2 aromatic rings. The predicted octanol–water partition coefficient (Wildman–Crippen LogP) is 3.22. The van der Waals surface area contributed by atoms with Crippen molar-refractivity contribution in [2.75, 3.05) is 35.6 Å². The molecule has 2 amide bonds. The number of thioether (sulfide) groups is 1. The van der Waals surface area contributed by atoms with Crippen LogP contribution in [0.25, 0.3) is 0 Å². The third-order valence-corrected chi connectivity index (χ3v) is 8.26. The second-order valence-corrected chi connectivity index (χ2v) is 10.6. The second-order valence-electron chi connectivity index (χ2n) is 7.49. The van der Waals surface area contributed by atoms with Gasteiger partial charge < -0.3 is 10.2 Å². The van der Waals surface area contributed by atoms with Crippen molar-refractivity contribution in [3.8, 4) is 0 Å². The van der Waals surface area contributed by atoms with Gasteiger partial charge in [-0.15, -0.1) is 11.8 Å². The summed E-state index contributed by atoms with van der Waals surface area (Å²) in [6, 6.07) is 7.33. The van der Waals surface area contributed by atoms with Crippen molar-refractivity contribution in [1.82, 2.24) is 4.31 Å². The molecule has 2 heterocycles. The highest BCUT2D eigenvalue weighted by atomic mass is 32.2. The maximum atomic E-state index is 13.9. The number of halogens is 2. The molecule has 2 aromatic carbocycles. The van der Waals surface area contributed by atoms with E-state index in [1.807, 2.05) is 0 Å². The van der Waals surface area contributed by atoms with Crippen LogP contribution in [0.4, 0.5) is 20.2 Å². The number of rotatable bonds is 5. The zero-order valence-corrected chi connectivity index (χ0v) is 18.6. The van der Waals surface area contributed by atoms with Crippen molar-refractivity contribution in [2.24, 2.45) is 0 Å². The molecule has 2 aliphatic rings. The number of carbonyl (C=O) groups excluding carboxylic acids is 2. The van der Waals surface area contributed by atoms with Gasteiger partial charge in [-0.25, -0.2) is 17.2 Å². The van der Waals surface area contributed by atoms with Crippen molar-refractivity contribution in [2.45, 2.75) is 29.1 Å². The van der Waals surface area contributed by atoms with E-state index < -0.39 is 34.1 Å². The van der Waals surface area contributed by atoms with E-state index in [0.717, 1.165) is 25.0 Å². The smallest absolute Gasteiger partial charge is 0.244 e. The molecule has 170 valence electrons. The van der Waals surface area contributed by atoms with Crippen LogP contribution in [0.3, 0.4) is 0 Å². The lowest BCUT2D eigenvalue weighted by Crippen LogP contribution is -2.38. The minimum Gasteiger partial charge on any atom is -0.322 e. The summed E-state index contributed by atoms with van der Waals surface area (Å²) in [5.41, 5.74) is 0.117. The van der Waals surface area contributed by atoms with E-state index in [2.05, 4.69) is 5.32 Å². The van der Waals surface area contributed by atoms with Crippen LogP contribution in [0.5, 0.6) is 0 Å². The summed E-state index contributed by atoms with van der Waals surface area (Å²) in [5.74, 6) is -2.26. The number of anilines is 2. The summed E-state index contributed by atoms with van der Waals surface area (Å²) in [6.07, 6.45) is 1.75. The standard InChI is InChI=1S/C21H21F2N3O4S2/c22-14-3-5-17(16(23)11-14)24-20(27)13-26-18-12-15(32(29,30)25-8-1-2-9-25)4-6-19(18)31-10-7-21(26)28/h3-6,11-12H,1-2,7-10,13H2,(H,24,27). The Morgan fingerprint density at radius 3 is 2.56 bits per heavy atom. The third-order valence-electron chi connectivity index (χ3n) is 5.31. The number of hydrogen-bond donors (Lipinski definition) is 1. The van der Waals surface area contributed by atoms with Gasteiger partial charge >= 0.3 is 0 Å². The average Bonchev–Trinajstić information content (AvgIpc) is 3.25. The fourth-order valence-electron chi connectivity index (χ4n) is 3.68. The Balaban J connectivity index is 1.62. The average molecular weight is 482 g/mol. The van der Waals surface area contributed by atoms with Gasteiger partial charge in [-0.2, -0.15) is 4.31 Å². The van der Waals surface area contributed by atoms with Crippen LogP contribution in [0.15, 0.2) is 46.2 Å². The molecule has 0 aliphatic carbocycles. The van der Waals surface area contributed by atoms with Crippen LogP contribution in [0, 0.1) is 11.6 Å². The van der Waals surface area contributed by atoms with Crippen LogP contribution >= 0.6 is 11.8 Å². The predicted molar refractivity (Wildman–Crippen MR) is 117 cm³/mol. The normalized spacial score (nSPS) is 17.2. The number of hydrogen-bond acceptors (Lipinski definition) is 5. The van der Waals surface area contributed by atoms with E-state index in [1.54, 1.807) is 6.07 Å². The summed E-state index contributed by atoms with van der Waals surface area (Å²) >= 11 is 1.40. The van der Waals surface area contributed by atoms with Crippen LogP contribution < -0.4 is 10.2 Å². The summed E-state index contributed by atoms with van der Waals surface area (Å²) in [4.78, 5) is 27.3. The van der Waals surface area contributed by atoms with Gasteiger partial charge in [-0.05, 0) is 43.2 Å². The maximum absolute atomic E-state index is 13.9. The molecule has 0 unspecified atom stereocenters.